The number of hydrogen-bond acceptors (Lipinski definition) is 5. The number of hydrogen-bond donors (Lipinski definition) is 1. The van der Waals surface area contributed by atoms with Crippen LogP contribution in [0.15, 0.2) is 36.5 Å². The van der Waals surface area contributed by atoms with Crippen LogP contribution in [0.25, 0.3) is 0 Å². The second kappa shape index (κ2) is 7.86. The molecule has 2 heterocycles. The molecule has 4 atom stereocenters. The number of aromatic nitrogens is 2. The van der Waals surface area contributed by atoms with Gasteiger partial charge in [0, 0.05) is 24.7 Å². The summed E-state index contributed by atoms with van der Waals surface area (Å²) < 4.78 is 32.8. The highest BCUT2D eigenvalue weighted by molar-refractivity contribution is 5.23. The lowest BCUT2D eigenvalue weighted by Crippen LogP contribution is -2.51. The van der Waals surface area contributed by atoms with Gasteiger partial charge in [0.2, 0.25) is 5.88 Å². The lowest BCUT2D eigenvalue weighted by Gasteiger charge is -2.37. The van der Waals surface area contributed by atoms with E-state index in [2.05, 4.69) is 15.1 Å². The lowest BCUT2D eigenvalue weighted by molar-refractivity contribution is 0.0648. The number of ether oxygens (including phenoxy) is 1. The first kappa shape index (κ1) is 18.3. The Morgan fingerprint density at radius 3 is 2.67 bits per heavy atom. The minimum atomic E-state index is -0.468. The van der Waals surface area contributed by atoms with E-state index in [-0.39, 0.29) is 35.8 Å². The largest absolute Gasteiger partial charge is 0.472 e. The molecule has 1 aliphatic carbocycles. The van der Waals surface area contributed by atoms with Gasteiger partial charge in [-0.3, -0.25) is 4.90 Å². The molecule has 2 N–H and O–H groups in total. The van der Waals surface area contributed by atoms with Crippen molar-refractivity contribution in [1.82, 2.24) is 15.1 Å². The van der Waals surface area contributed by atoms with Crippen LogP contribution in [0.3, 0.4) is 0 Å². The maximum absolute atomic E-state index is 13.5. The first-order valence-electron chi connectivity index (χ1n) is 9.48. The van der Waals surface area contributed by atoms with Crippen molar-refractivity contribution in [1.29, 1.82) is 0 Å². The number of piperidine rings is 1. The molecule has 0 radical (unpaired) electrons. The van der Waals surface area contributed by atoms with E-state index >= 15 is 0 Å². The van der Waals surface area contributed by atoms with Crippen LogP contribution >= 0.6 is 0 Å². The summed E-state index contributed by atoms with van der Waals surface area (Å²) in [6.45, 7) is 1.80. The van der Waals surface area contributed by atoms with Gasteiger partial charge >= 0.3 is 0 Å². The van der Waals surface area contributed by atoms with Gasteiger partial charge in [-0.15, -0.1) is 5.10 Å². The fourth-order valence-corrected chi connectivity index (χ4v) is 4.37. The first-order chi connectivity index (χ1) is 13.1. The number of halogens is 2. The Morgan fingerprint density at radius 2 is 1.93 bits per heavy atom. The van der Waals surface area contributed by atoms with Crippen LogP contribution in [0, 0.1) is 11.6 Å². The Balaban J connectivity index is 1.55. The summed E-state index contributed by atoms with van der Waals surface area (Å²) in [5.41, 5.74) is 7.27. The first-order valence-corrected chi connectivity index (χ1v) is 9.48. The quantitative estimate of drug-likeness (QED) is 0.892. The zero-order chi connectivity index (χ0) is 18.8. The molecule has 1 aromatic heterocycles. The van der Waals surface area contributed by atoms with Gasteiger partial charge in [-0.1, -0.05) is 12.1 Å². The number of benzene rings is 1. The van der Waals surface area contributed by atoms with Crippen LogP contribution in [0.1, 0.15) is 37.2 Å². The van der Waals surface area contributed by atoms with Crippen molar-refractivity contribution in [3.05, 3.63) is 53.7 Å². The third-order valence-corrected chi connectivity index (χ3v) is 5.64. The second-order valence-electron chi connectivity index (χ2n) is 7.55. The molecule has 4 rings (SSSR count). The zero-order valence-electron chi connectivity index (χ0n) is 15.1. The number of likely N-dealkylation sites (tertiary alicyclic amines) is 1. The number of rotatable bonds is 4. The van der Waals surface area contributed by atoms with E-state index in [0.717, 1.165) is 50.5 Å². The van der Waals surface area contributed by atoms with Gasteiger partial charge in [-0.25, -0.2) is 8.78 Å². The summed E-state index contributed by atoms with van der Waals surface area (Å²) in [7, 11) is 0. The molecule has 27 heavy (non-hydrogen) atoms. The molecule has 7 heteroatoms. The summed E-state index contributed by atoms with van der Waals surface area (Å²) in [5, 5.41) is 7.54. The van der Waals surface area contributed by atoms with Gasteiger partial charge in [0.05, 0.1) is 6.20 Å². The van der Waals surface area contributed by atoms with Gasteiger partial charge in [-0.05, 0) is 55.8 Å². The Kier molecular flexibility index (Phi) is 5.31. The average Bonchev–Trinajstić information content (AvgIpc) is 3.06. The van der Waals surface area contributed by atoms with Crippen molar-refractivity contribution in [2.24, 2.45) is 5.73 Å². The van der Waals surface area contributed by atoms with Crippen LogP contribution in [-0.4, -0.2) is 46.4 Å². The minimum absolute atomic E-state index is 0.138. The highest BCUT2D eigenvalue weighted by Crippen LogP contribution is 2.39. The SMILES string of the molecule is NC1CCCN([C@H]2C[C@@H](c3ccc(F)cc3)C[C@@H]2Oc2cc(F)cnn2)C1. The molecule has 0 bridgehead atoms. The van der Waals surface area contributed by atoms with E-state index in [0.29, 0.717) is 0 Å². The van der Waals surface area contributed by atoms with Crippen molar-refractivity contribution >= 4 is 0 Å². The molecule has 1 saturated heterocycles. The van der Waals surface area contributed by atoms with E-state index < -0.39 is 5.82 Å². The fourth-order valence-electron chi connectivity index (χ4n) is 4.37. The van der Waals surface area contributed by atoms with E-state index in [9.17, 15) is 8.78 Å². The molecular formula is C20H24F2N4O. The highest BCUT2D eigenvalue weighted by atomic mass is 19.1. The molecule has 144 valence electrons. The van der Waals surface area contributed by atoms with Crippen LogP contribution in [-0.2, 0) is 0 Å². The smallest absolute Gasteiger partial charge is 0.236 e. The van der Waals surface area contributed by atoms with Gasteiger partial charge < -0.3 is 10.5 Å². The van der Waals surface area contributed by atoms with Crippen molar-refractivity contribution in [2.75, 3.05) is 13.1 Å². The van der Waals surface area contributed by atoms with E-state index in [1.54, 1.807) is 0 Å². The predicted octanol–water partition coefficient (Wildman–Crippen LogP) is 2.87. The topological polar surface area (TPSA) is 64.3 Å². The van der Waals surface area contributed by atoms with Crippen molar-refractivity contribution in [2.45, 2.75) is 49.8 Å². The van der Waals surface area contributed by atoms with Gasteiger partial charge in [0.25, 0.3) is 0 Å². The fraction of sp³-hybridized carbons (Fsp3) is 0.500. The van der Waals surface area contributed by atoms with Gasteiger partial charge in [0.15, 0.2) is 0 Å². The monoisotopic (exact) mass is 374 g/mol. The molecule has 0 spiro atoms. The Labute approximate surface area is 157 Å². The molecule has 1 saturated carbocycles. The second-order valence-corrected chi connectivity index (χ2v) is 7.55. The molecule has 1 unspecified atom stereocenters. The summed E-state index contributed by atoms with van der Waals surface area (Å²) in [5.74, 6) is -0.255. The van der Waals surface area contributed by atoms with Crippen LogP contribution in [0.5, 0.6) is 5.88 Å². The third kappa shape index (κ3) is 4.25. The number of nitrogens with zero attached hydrogens (tertiary/aromatic N) is 3. The summed E-state index contributed by atoms with van der Waals surface area (Å²) >= 11 is 0. The predicted molar refractivity (Wildman–Crippen MR) is 97.4 cm³/mol. The molecule has 1 aromatic carbocycles. The Bertz CT molecular complexity index is 773. The molecule has 0 amide bonds. The minimum Gasteiger partial charge on any atom is -0.472 e. The van der Waals surface area contributed by atoms with Crippen molar-refractivity contribution < 1.29 is 13.5 Å². The number of nitrogens with two attached hydrogens (primary N) is 1. The summed E-state index contributed by atoms with van der Waals surface area (Å²) in [6, 6.07) is 8.25. The average molecular weight is 374 g/mol. The van der Waals surface area contributed by atoms with Crippen LogP contribution in [0.2, 0.25) is 0 Å². The van der Waals surface area contributed by atoms with E-state index in [4.69, 9.17) is 10.5 Å². The molecule has 2 aliphatic rings. The van der Waals surface area contributed by atoms with E-state index in [1.807, 2.05) is 12.1 Å². The lowest BCUT2D eigenvalue weighted by atomic mass is 9.97. The van der Waals surface area contributed by atoms with Gasteiger partial charge in [-0.2, -0.15) is 5.10 Å². The summed E-state index contributed by atoms with van der Waals surface area (Å²) in [6.07, 6.45) is 4.67. The summed E-state index contributed by atoms with van der Waals surface area (Å²) in [4.78, 5) is 2.38. The molecule has 1 aliphatic heterocycles. The van der Waals surface area contributed by atoms with Crippen LogP contribution in [0.4, 0.5) is 8.78 Å². The molecule has 2 aromatic rings. The van der Waals surface area contributed by atoms with Crippen molar-refractivity contribution in [3.8, 4) is 5.88 Å². The maximum atomic E-state index is 13.5. The van der Waals surface area contributed by atoms with Crippen molar-refractivity contribution in [3.63, 3.8) is 0 Å². The Morgan fingerprint density at radius 1 is 1.11 bits per heavy atom. The van der Waals surface area contributed by atoms with Gasteiger partial charge in [0.1, 0.15) is 17.7 Å². The molecular weight excluding hydrogens is 350 g/mol. The molecule has 5 nitrogen and oxygen atoms in total. The van der Waals surface area contributed by atoms with Crippen LogP contribution < -0.4 is 10.5 Å². The van der Waals surface area contributed by atoms with E-state index in [1.165, 1.54) is 18.2 Å². The Hall–Kier alpha value is -2.12. The normalized spacial score (nSPS) is 29.0. The standard InChI is InChI=1S/C20H24F2N4O/c21-15-5-3-13(4-6-15)14-8-18(26-7-1-2-17(23)12-26)19(9-14)27-20-10-16(22)11-24-25-20/h3-6,10-11,14,17-19H,1-2,7-9,12,23H2/t14-,17?,18+,19+/m1/s1. The zero-order valence-corrected chi connectivity index (χ0v) is 15.1. The molecule has 2 fully saturated rings. The highest BCUT2D eigenvalue weighted by Gasteiger charge is 2.41. The third-order valence-electron chi connectivity index (χ3n) is 5.64. The maximum Gasteiger partial charge on any atom is 0.236 e.